The molecular weight excluding hydrogens is 338 g/mol. The molecule has 1 saturated carbocycles. The fourth-order valence-corrected chi connectivity index (χ4v) is 4.24. The van der Waals surface area contributed by atoms with E-state index in [1.165, 1.54) is 17.8 Å². The van der Waals surface area contributed by atoms with Crippen LogP contribution >= 0.6 is 22.7 Å². The van der Waals surface area contributed by atoms with Gasteiger partial charge in [-0.3, -0.25) is 0 Å². The number of thiophene rings is 1. The first-order valence-electron chi connectivity index (χ1n) is 7.80. The second-order valence-electron chi connectivity index (χ2n) is 5.83. The molecule has 5 rings (SSSR count). The predicted octanol–water partition coefficient (Wildman–Crippen LogP) is 5.47. The fourth-order valence-electron chi connectivity index (χ4n) is 2.60. The Morgan fingerprint density at radius 1 is 1.00 bits per heavy atom. The second-order valence-corrected chi connectivity index (χ2v) is 7.66. The van der Waals surface area contributed by atoms with Crippen molar-refractivity contribution in [2.45, 2.75) is 18.8 Å². The van der Waals surface area contributed by atoms with E-state index in [4.69, 9.17) is 9.51 Å². The van der Waals surface area contributed by atoms with Crippen LogP contribution in [0.5, 0.6) is 0 Å². The van der Waals surface area contributed by atoms with Gasteiger partial charge in [-0.25, -0.2) is 4.98 Å². The molecule has 1 aromatic carbocycles. The van der Waals surface area contributed by atoms with E-state index in [0.29, 0.717) is 17.6 Å². The maximum absolute atomic E-state index is 5.39. The highest BCUT2D eigenvalue weighted by Gasteiger charge is 2.26. The van der Waals surface area contributed by atoms with Crippen LogP contribution in [-0.4, -0.2) is 15.1 Å². The number of benzene rings is 1. The largest absolute Gasteiger partial charge is 0.333 e. The van der Waals surface area contributed by atoms with E-state index in [-0.39, 0.29) is 0 Å². The first-order chi connectivity index (χ1) is 11.9. The summed E-state index contributed by atoms with van der Waals surface area (Å²) in [5.74, 6) is 1.87. The van der Waals surface area contributed by atoms with Crippen molar-refractivity contribution < 1.29 is 4.52 Å². The minimum Gasteiger partial charge on any atom is -0.333 e. The van der Waals surface area contributed by atoms with Crippen LogP contribution in [0, 0.1) is 0 Å². The van der Waals surface area contributed by atoms with Crippen LogP contribution in [-0.2, 0) is 0 Å². The first-order valence-corrected chi connectivity index (χ1v) is 9.56. The molecule has 0 unspecified atom stereocenters. The molecule has 118 valence electrons. The summed E-state index contributed by atoms with van der Waals surface area (Å²) in [4.78, 5) is 10.3. The van der Waals surface area contributed by atoms with Gasteiger partial charge in [0.25, 0.3) is 5.89 Å². The minimum atomic E-state index is 0.565. The Balaban J connectivity index is 1.48. The number of thiazole rings is 1. The van der Waals surface area contributed by atoms with E-state index in [1.54, 1.807) is 22.7 Å². The molecular formula is C18H13N3OS2. The predicted molar refractivity (Wildman–Crippen MR) is 96.1 cm³/mol. The first kappa shape index (κ1) is 14.1. The summed E-state index contributed by atoms with van der Waals surface area (Å²) in [5, 5.41) is 9.52. The van der Waals surface area contributed by atoms with Gasteiger partial charge in [-0.15, -0.1) is 22.7 Å². The summed E-state index contributed by atoms with van der Waals surface area (Å²) < 4.78 is 5.39. The quantitative estimate of drug-likeness (QED) is 0.489. The molecule has 0 radical (unpaired) electrons. The van der Waals surface area contributed by atoms with Crippen LogP contribution < -0.4 is 0 Å². The van der Waals surface area contributed by atoms with Gasteiger partial charge >= 0.3 is 0 Å². The van der Waals surface area contributed by atoms with Crippen LogP contribution in [0.1, 0.15) is 23.8 Å². The topological polar surface area (TPSA) is 51.8 Å². The maximum Gasteiger partial charge on any atom is 0.268 e. The average molecular weight is 351 g/mol. The standard InChI is InChI=1S/C18H13N3OS2/c1-3-12(14-10-24-18(19-14)11-6-7-11)9-13(4-1)16-20-17(22-21-16)15-5-2-8-23-15/h1-5,8-11H,6-7H2. The van der Waals surface area contributed by atoms with E-state index in [9.17, 15) is 0 Å². The van der Waals surface area contributed by atoms with Crippen molar-refractivity contribution in [1.29, 1.82) is 0 Å². The molecule has 0 saturated heterocycles. The van der Waals surface area contributed by atoms with Crippen LogP contribution in [0.4, 0.5) is 0 Å². The van der Waals surface area contributed by atoms with Gasteiger partial charge < -0.3 is 4.52 Å². The third-order valence-corrected chi connectivity index (χ3v) is 5.89. The third kappa shape index (κ3) is 2.57. The maximum atomic E-state index is 5.39. The molecule has 3 heterocycles. The van der Waals surface area contributed by atoms with Crippen molar-refractivity contribution >= 4 is 22.7 Å². The number of rotatable bonds is 4. The van der Waals surface area contributed by atoms with Crippen LogP contribution in [0.25, 0.3) is 33.4 Å². The number of hydrogen-bond donors (Lipinski definition) is 0. The van der Waals surface area contributed by atoms with Crippen molar-refractivity contribution in [3.8, 4) is 33.4 Å². The SMILES string of the molecule is c1cc(-c2csc(C3CC3)n2)cc(-c2noc(-c3cccs3)n2)c1. The molecule has 0 aliphatic heterocycles. The van der Waals surface area contributed by atoms with Gasteiger partial charge in [0.1, 0.15) is 0 Å². The normalized spacial score (nSPS) is 14.2. The van der Waals surface area contributed by atoms with E-state index in [2.05, 4.69) is 27.7 Å². The van der Waals surface area contributed by atoms with Crippen molar-refractivity contribution in [3.05, 3.63) is 52.2 Å². The molecule has 24 heavy (non-hydrogen) atoms. The lowest BCUT2D eigenvalue weighted by Crippen LogP contribution is -1.84. The highest BCUT2D eigenvalue weighted by atomic mass is 32.1. The second kappa shape index (κ2) is 5.65. The summed E-state index contributed by atoms with van der Waals surface area (Å²) in [7, 11) is 0. The van der Waals surface area contributed by atoms with Crippen LogP contribution in [0.15, 0.2) is 51.7 Å². The van der Waals surface area contributed by atoms with Gasteiger partial charge in [0, 0.05) is 22.4 Å². The minimum absolute atomic E-state index is 0.565. The molecule has 4 aromatic rings. The van der Waals surface area contributed by atoms with E-state index in [1.807, 2.05) is 29.6 Å². The van der Waals surface area contributed by atoms with Gasteiger partial charge in [-0.2, -0.15) is 4.98 Å². The van der Waals surface area contributed by atoms with Crippen molar-refractivity contribution in [2.24, 2.45) is 0 Å². The lowest BCUT2D eigenvalue weighted by atomic mass is 10.1. The third-order valence-electron chi connectivity index (χ3n) is 4.02. The Hall–Kier alpha value is -2.31. The highest BCUT2D eigenvalue weighted by Crippen LogP contribution is 2.42. The average Bonchev–Trinajstić information content (AvgIpc) is 3.07. The van der Waals surface area contributed by atoms with Gasteiger partial charge in [-0.05, 0) is 30.4 Å². The van der Waals surface area contributed by atoms with Crippen molar-refractivity contribution in [2.75, 3.05) is 0 Å². The summed E-state index contributed by atoms with van der Waals surface area (Å²) in [6.07, 6.45) is 2.56. The van der Waals surface area contributed by atoms with Gasteiger partial charge in [0.15, 0.2) is 0 Å². The van der Waals surface area contributed by atoms with E-state index >= 15 is 0 Å². The zero-order valence-electron chi connectivity index (χ0n) is 12.7. The zero-order valence-corrected chi connectivity index (χ0v) is 14.3. The van der Waals surface area contributed by atoms with E-state index < -0.39 is 0 Å². The number of hydrogen-bond acceptors (Lipinski definition) is 6. The van der Waals surface area contributed by atoms with Gasteiger partial charge in [-0.1, -0.05) is 29.4 Å². The molecule has 0 bridgehead atoms. The highest BCUT2D eigenvalue weighted by molar-refractivity contribution is 7.13. The van der Waals surface area contributed by atoms with Gasteiger partial charge in [0.2, 0.25) is 5.82 Å². The summed E-state index contributed by atoms with van der Waals surface area (Å²) in [6.45, 7) is 0. The van der Waals surface area contributed by atoms with Crippen molar-refractivity contribution in [1.82, 2.24) is 15.1 Å². The Morgan fingerprint density at radius 2 is 1.92 bits per heavy atom. The summed E-state index contributed by atoms with van der Waals surface area (Å²) in [6, 6.07) is 12.1. The van der Waals surface area contributed by atoms with E-state index in [0.717, 1.165) is 21.7 Å². The fraction of sp³-hybridized carbons (Fsp3) is 0.167. The molecule has 1 aliphatic carbocycles. The number of aromatic nitrogens is 3. The summed E-state index contributed by atoms with van der Waals surface area (Å²) in [5.41, 5.74) is 3.07. The molecule has 1 aliphatic rings. The molecule has 3 aromatic heterocycles. The lowest BCUT2D eigenvalue weighted by molar-refractivity contribution is 0.433. The molecule has 0 atom stereocenters. The Kier molecular flexibility index (Phi) is 3.31. The Labute approximate surface area is 146 Å². The molecule has 0 N–H and O–H groups in total. The Morgan fingerprint density at radius 3 is 2.75 bits per heavy atom. The lowest BCUT2D eigenvalue weighted by Gasteiger charge is -1.99. The molecule has 4 nitrogen and oxygen atoms in total. The monoisotopic (exact) mass is 351 g/mol. The number of nitrogens with zero attached hydrogens (tertiary/aromatic N) is 3. The molecule has 6 heteroatoms. The van der Waals surface area contributed by atoms with Crippen molar-refractivity contribution in [3.63, 3.8) is 0 Å². The Bertz CT molecular complexity index is 983. The summed E-state index contributed by atoms with van der Waals surface area (Å²) >= 11 is 3.35. The molecule has 0 amide bonds. The van der Waals surface area contributed by atoms with Gasteiger partial charge in [0.05, 0.1) is 15.6 Å². The zero-order chi connectivity index (χ0) is 15.9. The smallest absolute Gasteiger partial charge is 0.268 e. The molecule has 0 spiro atoms. The molecule has 1 fully saturated rings. The van der Waals surface area contributed by atoms with Crippen LogP contribution in [0.2, 0.25) is 0 Å². The van der Waals surface area contributed by atoms with Crippen LogP contribution in [0.3, 0.4) is 0 Å².